The SMILES string of the molecule is COc1ccc(NC(=S)N(Cc2cccc3ccccc23)CC(N)C(=O)Cc2cncn2Cc2ccc([N+](=O)[O-])cc2)cc1. The number of nitrogens with one attached hydrogen (secondary N) is 1. The highest BCUT2D eigenvalue weighted by Gasteiger charge is 2.22. The van der Waals surface area contributed by atoms with Gasteiger partial charge in [-0.3, -0.25) is 14.9 Å². The van der Waals surface area contributed by atoms with Crippen molar-refractivity contribution < 1.29 is 14.5 Å². The molecule has 0 saturated carbocycles. The number of Topliss-reactive ketones (excluding diaryl/α,β-unsaturated/α-hetero) is 1. The van der Waals surface area contributed by atoms with Crippen LogP contribution in [0.25, 0.3) is 10.8 Å². The van der Waals surface area contributed by atoms with Gasteiger partial charge in [0.25, 0.3) is 5.69 Å². The van der Waals surface area contributed by atoms with Crippen LogP contribution in [0, 0.1) is 10.1 Å². The number of fused-ring (bicyclic) bond motifs is 1. The average molecular weight is 609 g/mol. The molecule has 0 amide bonds. The van der Waals surface area contributed by atoms with Gasteiger partial charge in [-0.25, -0.2) is 4.98 Å². The van der Waals surface area contributed by atoms with Gasteiger partial charge >= 0.3 is 0 Å². The average Bonchev–Trinajstić information content (AvgIpc) is 3.47. The van der Waals surface area contributed by atoms with Gasteiger partial charge in [0.15, 0.2) is 10.9 Å². The van der Waals surface area contributed by atoms with E-state index in [0.29, 0.717) is 23.9 Å². The van der Waals surface area contributed by atoms with Crippen molar-refractivity contribution in [2.45, 2.75) is 25.6 Å². The van der Waals surface area contributed by atoms with Crippen molar-refractivity contribution in [3.05, 3.63) is 130 Å². The maximum atomic E-state index is 13.4. The fourth-order valence-electron chi connectivity index (χ4n) is 4.94. The molecule has 10 nitrogen and oxygen atoms in total. The molecule has 1 atom stereocenters. The van der Waals surface area contributed by atoms with Crippen LogP contribution in [0.2, 0.25) is 0 Å². The normalized spacial score (nSPS) is 11.6. The van der Waals surface area contributed by atoms with Gasteiger partial charge in [-0.2, -0.15) is 0 Å². The van der Waals surface area contributed by atoms with Crippen molar-refractivity contribution in [2.75, 3.05) is 19.0 Å². The fourth-order valence-corrected chi connectivity index (χ4v) is 5.20. The minimum atomic E-state index is -0.830. The minimum absolute atomic E-state index is 0.0215. The standard InChI is InChI=1S/C33H32N6O4S/c1-43-29-15-11-26(12-16-29)36-33(44)37(20-25-7-4-6-24-5-2-3-8-30(24)25)21-31(34)32(40)17-28-18-35-22-38(28)19-23-9-13-27(14-10-23)39(41)42/h2-16,18,22,31H,17,19-21,34H2,1H3,(H,36,44). The Hall–Kier alpha value is -5.13. The lowest BCUT2D eigenvalue weighted by Crippen LogP contribution is -2.46. The van der Waals surface area contributed by atoms with Gasteiger partial charge in [0.1, 0.15) is 5.75 Å². The molecule has 1 heterocycles. The summed E-state index contributed by atoms with van der Waals surface area (Å²) >= 11 is 5.84. The number of methoxy groups -OCH3 is 1. The molecule has 0 aliphatic rings. The highest BCUT2D eigenvalue weighted by atomic mass is 32.1. The molecule has 0 saturated heterocycles. The number of nitro benzene ring substituents is 1. The Bertz CT molecular complexity index is 1770. The van der Waals surface area contributed by atoms with Gasteiger partial charge in [-0.05, 0) is 58.4 Å². The maximum Gasteiger partial charge on any atom is 0.269 e. The maximum absolute atomic E-state index is 13.4. The van der Waals surface area contributed by atoms with E-state index in [1.54, 1.807) is 31.8 Å². The van der Waals surface area contributed by atoms with Crippen molar-refractivity contribution in [1.82, 2.24) is 14.5 Å². The Kier molecular flexibility index (Phi) is 9.58. The number of ketones is 1. The summed E-state index contributed by atoms with van der Waals surface area (Å²) in [6, 6.07) is 27.2. The van der Waals surface area contributed by atoms with Crippen LogP contribution in [-0.2, 0) is 24.3 Å². The van der Waals surface area contributed by atoms with Crippen LogP contribution in [0.15, 0.2) is 104 Å². The molecule has 11 heteroatoms. The summed E-state index contributed by atoms with van der Waals surface area (Å²) < 4.78 is 7.11. The second kappa shape index (κ2) is 13.9. The summed E-state index contributed by atoms with van der Waals surface area (Å²) in [5.74, 6) is 0.570. The Morgan fingerprint density at radius 3 is 2.52 bits per heavy atom. The number of benzene rings is 4. The monoisotopic (exact) mass is 608 g/mol. The van der Waals surface area contributed by atoms with Crippen molar-refractivity contribution in [1.29, 1.82) is 0 Å². The molecule has 5 aromatic rings. The van der Waals surface area contributed by atoms with Crippen LogP contribution in [0.4, 0.5) is 11.4 Å². The van der Waals surface area contributed by atoms with Crippen LogP contribution >= 0.6 is 12.2 Å². The number of carbonyl (C=O) groups is 1. The fraction of sp³-hybridized carbons (Fsp3) is 0.182. The van der Waals surface area contributed by atoms with Gasteiger partial charge < -0.3 is 25.3 Å². The second-order valence-corrected chi connectivity index (χ2v) is 10.8. The molecule has 0 fully saturated rings. The molecule has 0 aliphatic carbocycles. The number of ether oxygens (including phenoxy) is 1. The molecular formula is C33H32N6O4S. The largest absolute Gasteiger partial charge is 0.497 e. The van der Waals surface area contributed by atoms with Gasteiger partial charge in [0.2, 0.25) is 0 Å². The first-order chi connectivity index (χ1) is 21.3. The molecule has 44 heavy (non-hydrogen) atoms. The zero-order valence-corrected chi connectivity index (χ0v) is 24.9. The third-order valence-corrected chi connectivity index (χ3v) is 7.71. The molecule has 0 radical (unpaired) electrons. The molecular weight excluding hydrogens is 576 g/mol. The number of non-ortho nitro benzene ring substituents is 1. The minimum Gasteiger partial charge on any atom is -0.497 e. The molecule has 5 rings (SSSR count). The number of aromatic nitrogens is 2. The molecule has 1 unspecified atom stereocenters. The van der Waals surface area contributed by atoms with E-state index in [1.165, 1.54) is 12.1 Å². The van der Waals surface area contributed by atoms with Crippen LogP contribution in [0.3, 0.4) is 0 Å². The lowest BCUT2D eigenvalue weighted by atomic mass is 10.0. The number of hydrogen-bond donors (Lipinski definition) is 2. The van der Waals surface area contributed by atoms with E-state index in [0.717, 1.165) is 33.3 Å². The number of carbonyl (C=O) groups excluding carboxylic acids is 1. The van der Waals surface area contributed by atoms with Crippen molar-refractivity contribution in [3.8, 4) is 5.75 Å². The number of hydrogen-bond acceptors (Lipinski definition) is 7. The molecule has 0 spiro atoms. The van der Waals surface area contributed by atoms with E-state index >= 15 is 0 Å². The van der Waals surface area contributed by atoms with Crippen molar-refractivity contribution >= 4 is 45.3 Å². The van der Waals surface area contributed by atoms with Gasteiger partial charge in [0.05, 0.1) is 24.4 Å². The predicted molar refractivity (Wildman–Crippen MR) is 175 cm³/mol. The first-order valence-electron chi connectivity index (χ1n) is 14.0. The van der Waals surface area contributed by atoms with Crippen LogP contribution in [0.1, 0.15) is 16.8 Å². The smallest absolute Gasteiger partial charge is 0.269 e. The highest BCUT2D eigenvalue weighted by Crippen LogP contribution is 2.22. The third-order valence-electron chi connectivity index (χ3n) is 7.35. The molecule has 0 aliphatic heterocycles. The van der Waals surface area contributed by atoms with Gasteiger partial charge in [-0.15, -0.1) is 0 Å². The lowest BCUT2D eigenvalue weighted by molar-refractivity contribution is -0.384. The summed E-state index contributed by atoms with van der Waals surface area (Å²) in [6.45, 7) is 1.06. The van der Waals surface area contributed by atoms with Crippen LogP contribution < -0.4 is 15.8 Å². The van der Waals surface area contributed by atoms with E-state index in [2.05, 4.69) is 34.6 Å². The molecule has 3 N–H and O–H groups in total. The third kappa shape index (κ3) is 7.44. The lowest BCUT2D eigenvalue weighted by Gasteiger charge is -2.29. The van der Waals surface area contributed by atoms with Gasteiger partial charge in [0, 0.05) is 55.8 Å². The number of imidazole rings is 1. The number of nitro groups is 1. The number of rotatable bonds is 12. The highest BCUT2D eigenvalue weighted by molar-refractivity contribution is 7.80. The zero-order valence-electron chi connectivity index (χ0n) is 24.1. The van der Waals surface area contributed by atoms with E-state index < -0.39 is 11.0 Å². The number of nitrogens with zero attached hydrogens (tertiary/aromatic N) is 4. The number of thiocarbonyl (C=S) groups is 1. The van der Waals surface area contributed by atoms with E-state index in [9.17, 15) is 14.9 Å². The number of anilines is 1. The predicted octanol–water partition coefficient (Wildman–Crippen LogP) is 5.34. The van der Waals surface area contributed by atoms with E-state index in [1.807, 2.05) is 51.9 Å². The van der Waals surface area contributed by atoms with Gasteiger partial charge in [-0.1, -0.05) is 54.6 Å². The molecule has 224 valence electrons. The summed E-state index contributed by atoms with van der Waals surface area (Å²) in [5, 5.41) is 16.9. The Morgan fingerprint density at radius 2 is 1.80 bits per heavy atom. The van der Waals surface area contributed by atoms with Crippen molar-refractivity contribution in [2.24, 2.45) is 5.73 Å². The first-order valence-corrected chi connectivity index (χ1v) is 14.4. The molecule has 1 aromatic heterocycles. The Balaban J connectivity index is 1.31. The molecule has 0 bridgehead atoms. The Labute approximate surface area is 260 Å². The second-order valence-electron chi connectivity index (χ2n) is 10.4. The van der Waals surface area contributed by atoms with Crippen LogP contribution in [0.5, 0.6) is 5.75 Å². The van der Waals surface area contributed by atoms with Crippen molar-refractivity contribution in [3.63, 3.8) is 0 Å². The van der Waals surface area contributed by atoms with E-state index in [4.69, 9.17) is 22.7 Å². The summed E-state index contributed by atoms with van der Waals surface area (Å²) in [6.07, 6.45) is 3.35. The molecule has 4 aromatic carbocycles. The number of nitrogens with two attached hydrogens (primary N) is 1. The topological polar surface area (TPSA) is 129 Å². The summed E-state index contributed by atoms with van der Waals surface area (Å²) in [5.41, 5.74) is 9.94. The zero-order chi connectivity index (χ0) is 31.1. The van der Waals surface area contributed by atoms with Crippen LogP contribution in [-0.4, -0.2) is 50.0 Å². The first kappa shape index (κ1) is 30.3. The quantitative estimate of drug-likeness (QED) is 0.110. The Morgan fingerprint density at radius 1 is 1.07 bits per heavy atom. The van der Waals surface area contributed by atoms with E-state index in [-0.39, 0.29) is 24.4 Å². The summed E-state index contributed by atoms with van der Waals surface area (Å²) in [4.78, 5) is 30.1. The summed E-state index contributed by atoms with van der Waals surface area (Å²) in [7, 11) is 1.61.